The average Bonchev–Trinajstić information content (AvgIpc) is 2.69. The van der Waals surface area contributed by atoms with Crippen molar-refractivity contribution in [1.29, 1.82) is 0 Å². The zero-order valence-electron chi connectivity index (χ0n) is 18.1. The van der Waals surface area contributed by atoms with E-state index in [0.717, 1.165) is 5.56 Å². The molecule has 5 N–H and O–H groups in total. The molecule has 178 valence electrons. The monoisotopic (exact) mass is 452 g/mol. The molecule has 0 aromatic heterocycles. The number of carboxylic acid groups (broad SMARTS) is 3. The highest BCUT2D eigenvalue weighted by molar-refractivity contribution is 5.70. The molecule has 0 spiro atoms. The van der Waals surface area contributed by atoms with E-state index in [1.807, 2.05) is 12.1 Å². The van der Waals surface area contributed by atoms with Crippen LogP contribution in [0.2, 0.25) is 0 Å². The second-order valence-corrected chi connectivity index (χ2v) is 7.87. The van der Waals surface area contributed by atoms with E-state index in [9.17, 15) is 29.7 Å². The molecule has 11 heteroatoms. The summed E-state index contributed by atoms with van der Waals surface area (Å²) in [7, 11) is 0. The molecule has 0 saturated carbocycles. The summed E-state index contributed by atoms with van der Waals surface area (Å²) in [6.07, 6.45) is 0.490. The number of benzene rings is 1. The third-order valence-electron chi connectivity index (χ3n) is 5.30. The number of hydrogen-bond donors (Lipinski definition) is 4. The van der Waals surface area contributed by atoms with Crippen molar-refractivity contribution in [3.05, 3.63) is 29.8 Å². The topological polar surface area (TPSA) is 157 Å². The van der Waals surface area contributed by atoms with Crippen LogP contribution in [0.25, 0.3) is 0 Å². The van der Waals surface area contributed by atoms with Gasteiger partial charge in [-0.1, -0.05) is 12.1 Å². The van der Waals surface area contributed by atoms with Crippen LogP contribution in [0.1, 0.15) is 5.56 Å². The lowest BCUT2D eigenvalue weighted by molar-refractivity contribution is -0.141. The van der Waals surface area contributed by atoms with Crippen LogP contribution in [0, 0.1) is 0 Å². The Morgan fingerprint density at radius 1 is 0.844 bits per heavy atom. The summed E-state index contributed by atoms with van der Waals surface area (Å²) in [6.45, 7) is 1.75. The number of hydrogen-bond acceptors (Lipinski definition) is 8. The summed E-state index contributed by atoms with van der Waals surface area (Å²) in [5.74, 6) is -2.94. The molecular weight excluding hydrogens is 420 g/mol. The van der Waals surface area contributed by atoms with Crippen molar-refractivity contribution < 1.29 is 34.4 Å². The zero-order valence-corrected chi connectivity index (χ0v) is 18.1. The number of anilines is 1. The lowest BCUT2D eigenvalue weighted by Gasteiger charge is -2.36. The van der Waals surface area contributed by atoms with E-state index in [1.54, 1.807) is 26.8 Å². The van der Waals surface area contributed by atoms with E-state index in [4.69, 9.17) is 10.5 Å². The first-order valence-corrected chi connectivity index (χ1v) is 10.5. The summed E-state index contributed by atoms with van der Waals surface area (Å²) in [6, 6.07) is 6.96. The van der Waals surface area contributed by atoms with E-state index in [2.05, 4.69) is 0 Å². The van der Waals surface area contributed by atoms with Gasteiger partial charge >= 0.3 is 17.9 Å². The van der Waals surface area contributed by atoms with Crippen LogP contribution in [0.15, 0.2) is 24.3 Å². The third-order valence-corrected chi connectivity index (χ3v) is 5.30. The number of ether oxygens (including phenoxy) is 1. The van der Waals surface area contributed by atoms with Crippen LogP contribution in [-0.4, -0.2) is 120 Å². The van der Waals surface area contributed by atoms with E-state index in [-0.39, 0.29) is 25.7 Å². The highest BCUT2D eigenvalue weighted by Crippen LogP contribution is 2.14. The first-order valence-electron chi connectivity index (χ1n) is 10.5. The van der Waals surface area contributed by atoms with Gasteiger partial charge in [-0.15, -0.1) is 0 Å². The van der Waals surface area contributed by atoms with Gasteiger partial charge in [0.25, 0.3) is 0 Å². The van der Waals surface area contributed by atoms with Crippen LogP contribution in [0.4, 0.5) is 5.69 Å². The van der Waals surface area contributed by atoms with Gasteiger partial charge in [-0.2, -0.15) is 0 Å². The SMILES string of the molecule is Nc1ccc(C[C@@H]2CN(CC(=O)O)CCOCCN(CC(=O)O)CCN2CC(=O)O)cc1. The smallest absolute Gasteiger partial charge is 0.317 e. The summed E-state index contributed by atoms with van der Waals surface area (Å²) in [4.78, 5) is 39.5. The van der Waals surface area contributed by atoms with Crippen molar-refractivity contribution in [1.82, 2.24) is 14.7 Å². The van der Waals surface area contributed by atoms with Gasteiger partial charge in [0.15, 0.2) is 0 Å². The lowest BCUT2D eigenvalue weighted by atomic mass is 10.0. The van der Waals surface area contributed by atoms with Gasteiger partial charge in [0, 0.05) is 44.5 Å². The number of carboxylic acids is 3. The summed E-state index contributed by atoms with van der Waals surface area (Å²) in [5.41, 5.74) is 7.33. The van der Waals surface area contributed by atoms with Gasteiger partial charge in [-0.05, 0) is 24.1 Å². The predicted molar refractivity (Wildman–Crippen MR) is 117 cm³/mol. The quantitative estimate of drug-likeness (QED) is 0.372. The van der Waals surface area contributed by atoms with Crippen LogP contribution >= 0.6 is 0 Å². The molecule has 1 aromatic carbocycles. The minimum Gasteiger partial charge on any atom is -0.480 e. The fourth-order valence-electron chi connectivity index (χ4n) is 3.74. The highest BCUT2D eigenvalue weighted by atomic mass is 16.5. The maximum atomic E-state index is 11.6. The van der Waals surface area contributed by atoms with Crippen LogP contribution < -0.4 is 5.73 Å². The van der Waals surface area contributed by atoms with Gasteiger partial charge in [0.05, 0.1) is 32.8 Å². The minimum atomic E-state index is -1.00. The average molecular weight is 453 g/mol. The Morgan fingerprint density at radius 3 is 2.00 bits per heavy atom. The van der Waals surface area contributed by atoms with E-state index >= 15 is 0 Å². The van der Waals surface area contributed by atoms with Crippen molar-refractivity contribution >= 4 is 23.6 Å². The van der Waals surface area contributed by atoms with E-state index < -0.39 is 17.9 Å². The largest absolute Gasteiger partial charge is 0.480 e. The van der Waals surface area contributed by atoms with Gasteiger partial charge in [-0.25, -0.2) is 0 Å². The number of carbonyl (C=O) groups is 3. The van der Waals surface area contributed by atoms with Crippen LogP contribution in [-0.2, 0) is 25.5 Å². The molecule has 1 aliphatic rings. The van der Waals surface area contributed by atoms with Crippen molar-refractivity contribution in [2.75, 3.05) is 71.3 Å². The Balaban J connectivity index is 2.29. The number of aliphatic carboxylic acids is 3. The summed E-state index contributed by atoms with van der Waals surface area (Å²) >= 11 is 0. The molecule has 32 heavy (non-hydrogen) atoms. The van der Waals surface area contributed by atoms with Gasteiger partial charge < -0.3 is 25.8 Å². The maximum absolute atomic E-state index is 11.6. The third kappa shape index (κ3) is 9.60. The van der Waals surface area contributed by atoms with Crippen molar-refractivity contribution in [2.24, 2.45) is 0 Å². The molecule has 1 atom stereocenters. The Kier molecular flexibility index (Phi) is 10.3. The molecule has 0 unspecified atom stereocenters. The number of rotatable bonds is 8. The Hall–Kier alpha value is -2.73. The fraction of sp³-hybridized carbons (Fsp3) is 0.571. The van der Waals surface area contributed by atoms with Gasteiger partial charge in [0.2, 0.25) is 0 Å². The number of nitrogen functional groups attached to an aromatic ring is 1. The Labute approximate surface area is 186 Å². The first-order chi connectivity index (χ1) is 15.2. The molecule has 0 aliphatic carbocycles. The summed E-state index contributed by atoms with van der Waals surface area (Å²) in [5, 5.41) is 28.0. The first kappa shape index (κ1) is 25.5. The molecule has 0 radical (unpaired) electrons. The number of nitrogens with zero attached hydrogens (tertiary/aromatic N) is 3. The normalized spacial score (nSPS) is 20.2. The molecule has 11 nitrogen and oxygen atoms in total. The van der Waals surface area contributed by atoms with E-state index in [1.165, 1.54) is 0 Å². The van der Waals surface area contributed by atoms with Crippen LogP contribution in [0.5, 0.6) is 0 Å². The number of nitrogens with two attached hydrogens (primary N) is 1. The standard InChI is InChI=1S/C21H32N4O7/c22-17-3-1-16(2-4-17)11-18-12-24(14-20(28)29)8-10-32-9-7-23(13-19(26)27)5-6-25(18)15-21(30)31/h1-4,18H,5-15,22H2,(H,26,27)(H,28,29)(H,30,31)/t18-/m1/s1. The van der Waals surface area contributed by atoms with Gasteiger partial charge in [0.1, 0.15) is 0 Å². The van der Waals surface area contributed by atoms with Crippen molar-refractivity contribution in [2.45, 2.75) is 12.5 Å². The Bertz CT molecular complexity index is 759. The van der Waals surface area contributed by atoms with Gasteiger partial charge in [-0.3, -0.25) is 29.1 Å². The molecular formula is C21H32N4O7. The van der Waals surface area contributed by atoms with Crippen LogP contribution in [0.3, 0.4) is 0 Å². The highest BCUT2D eigenvalue weighted by Gasteiger charge is 2.26. The molecule has 1 fully saturated rings. The lowest BCUT2D eigenvalue weighted by Crippen LogP contribution is -2.52. The minimum absolute atomic E-state index is 0.169. The molecule has 1 saturated heterocycles. The Morgan fingerprint density at radius 2 is 1.41 bits per heavy atom. The van der Waals surface area contributed by atoms with Crippen molar-refractivity contribution in [3.8, 4) is 0 Å². The maximum Gasteiger partial charge on any atom is 0.317 e. The molecule has 1 aromatic rings. The molecule has 0 bridgehead atoms. The second kappa shape index (κ2) is 13.0. The fourth-order valence-corrected chi connectivity index (χ4v) is 3.74. The molecule has 1 heterocycles. The predicted octanol–water partition coefficient (Wildman–Crippen LogP) is -0.630. The van der Waals surface area contributed by atoms with Crippen molar-refractivity contribution in [3.63, 3.8) is 0 Å². The zero-order chi connectivity index (χ0) is 23.5. The van der Waals surface area contributed by atoms with E-state index in [0.29, 0.717) is 58.0 Å². The molecule has 1 aliphatic heterocycles. The molecule has 2 rings (SSSR count). The summed E-state index contributed by atoms with van der Waals surface area (Å²) < 4.78 is 5.60. The second-order valence-electron chi connectivity index (χ2n) is 7.87. The molecule has 0 amide bonds.